The summed E-state index contributed by atoms with van der Waals surface area (Å²) in [4.78, 5) is 64.4. The first-order valence-corrected chi connectivity index (χ1v) is 23.6. The zero-order chi connectivity index (χ0) is 48.6. The van der Waals surface area contributed by atoms with Gasteiger partial charge in [0.05, 0.1) is 23.4 Å². The Balaban J connectivity index is 1.30. The minimum Gasteiger partial charge on any atom is -0.724 e. The summed E-state index contributed by atoms with van der Waals surface area (Å²) in [7, 11) is -5.34. The van der Waals surface area contributed by atoms with Gasteiger partial charge in [-0.3, -0.25) is 14.9 Å². The molecule has 0 radical (unpaired) electrons. The largest absolute Gasteiger partial charge is 0.724 e. The number of ether oxygens (including phenoxy) is 3. The predicted molar refractivity (Wildman–Crippen MR) is 236 cm³/mol. The molecule has 3 aliphatic heterocycles. The number of hydrogen-bond acceptors (Lipinski definition) is 18. The van der Waals surface area contributed by atoms with Gasteiger partial charge in [0.25, 0.3) is 17.4 Å². The summed E-state index contributed by atoms with van der Waals surface area (Å²) in [6, 6.07) is 4.26. The van der Waals surface area contributed by atoms with E-state index in [2.05, 4.69) is 41.3 Å². The normalized spacial score (nSPS) is 21.2. The third-order valence-corrected chi connectivity index (χ3v) is 12.0. The lowest BCUT2D eigenvalue weighted by atomic mass is 9.84. The number of carbonyl (C=O) groups excluding carboxylic acids is 4. The van der Waals surface area contributed by atoms with Gasteiger partial charge < -0.3 is 45.1 Å². The number of aryl methyl sites for hydroxylation is 1. The highest BCUT2D eigenvalue weighted by Gasteiger charge is 2.58. The van der Waals surface area contributed by atoms with Crippen LogP contribution >= 0.6 is 11.3 Å². The van der Waals surface area contributed by atoms with Gasteiger partial charge in [0, 0.05) is 24.4 Å². The number of β-lactam (4-membered cyclic amide) rings is 1. The molecule has 362 valence electrons. The smallest absolute Gasteiger partial charge is 0.413 e. The number of aliphatic hydroxyl groups excluding tert-OH is 1. The van der Waals surface area contributed by atoms with Crippen LogP contribution in [-0.2, 0) is 62.9 Å². The van der Waals surface area contributed by atoms with Crippen molar-refractivity contribution in [3.63, 3.8) is 0 Å². The number of aromatic nitrogens is 3. The molecule has 0 saturated carbocycles. The summed E-state index contributed by atoms with van der Waals surface area (Å²) in [5.41, 5.74) is 2.30. The molecule has 3 aliphatic rings. The van der Waals surface area contributed by atoms with Crippen molar-refractivity contribution in [3.8, 4) is 16.9 Å². The fourth-order valence-electron chi connectivity index (χ4n) is 7.55. The molecule has 66 heavy (non-hydrogen) atoms. The van der Waals surface area contributed by atoms with Crippen molar-refractivity contribution < 1.29 is 65.3 Å². The van der Waals surface area contributed by atoms with Crippen molar-refractivity contribution in [1.82, 2.24) is 25.4 Å². The van der Waals surface area contributed by atoms with Gasteiger partial charge in [-0.15, -0.1) is 16.0 Å². The molecular formula is C42H59N9O13S2. The molecule has 0 bridgehead atoms. The Morgan fingerprint density at radius 1 is 1.14 bits per heavy atom. The van der Waals surface area contributed by atoms with E-state index in [0.717, 1.165) is 54.1 Å². The van der Waals surface area contributed by atoms with E-state index in [1.807, 2.05) is 23.0 Å². The van der Waals surface area contributed by atoms with E-state index < -0.39 is 80.6 Å². The quantitative estimate of drug-likeness (QED) is 0.0261. The van der Waals surface area contributed by atoms with Crippen LogP contribution in [0.15, 0.2) is 41.1 Å². The van der Waals surface area contributed by atoms with Gasteiger partial charge in [0.1, 0.15) is 35.2 Å². The SMILES string of the molecule is CC(C)(C)OC(=O)Nc1nc(/C(=N/OC(C)(C(=O)OC(C)(C)C)[C@H]2CCc3cc(-c4cn(CC(O)CN)[n+](C[C@@H]5CCNC5)c4)ccc3O2)C(=O)N[C@@H]2C(=O)N(OS(=O)(=O)[O-])C2(C)C)cs1. The molecule has 22 nitrogen and oxygen atoms in total. The summed E-state index contributed by atoms with van der Waals surface area (Å²) >= 11 is 0.901. The summed E-state index contributed by atoms with van der Waals surface area (Å²) in [6.45, 7) is 17.2. The fraction of sp³-hybridized carbons (Fsp3) is 0.595. The Morgan fingerprint density at radius 2 is 1.85 bits per heavy atom. The van der Waals surface area contributed by atoms with Gasteiger partial charge in [-0.2, -0.15) is 14.0 Å². The standard InChI is InChI=1S/C42H59N9O13S2/c1-39(2,3)61-36(55)42(9,31-13-11-26-16-25(10-12-30(26)60-31)27-20-49(19-24-14-15-44-18-24)50(21-27)22-28(52)17-43)63-48-32(29-23-65-37(45-29)47-38(56)62-40(4,5)6)34(53)46-33-35(54)51(41(33,7)8)64-66(57,58)59/h10,12,16,20-21,23-24,28,31,33,44,52H,11,13-15,17-19,22,43H2,1-9H3,(H2-,45,46,47,53,56,57,58,59)/b48-32-/t24-,28?,31-,33-,42?/m1/s1. The lowest BCUT2D eigenvalue weighted by Crippen LogP contribution is -2.76. The van der Waals surface area contributed by atoms with E-state index in [-0.39, 0.29) is 23.8 Å². The van der Waals surface area contributed by atoms with E-state index in [1.165, 1.54) is 26.2 Å². The van der Waals surface area contributed by atoms with Crippen molar-refractivity contribution >= 4 is 56.5 Å². The summed E-state index contributed by atoms with van der Waals surface area (Å²) < 4.78 is 60.0. The van der Waals surface area contributed by atoms with Crippen molar-refractivity contribution in [3.05, 3.63) is 47.2 Å². The van der Waals surface area contributed by atoms with Gasteiger partial charge in [-0.25, -0.2) is 23.0 Å². The monoisotopic (exact) mass is 961 g/mol. The van der Waals surface area contributed by atoms with Gasteiger partial charge in [-0.05, 0) is 111 Å². The maximum absolute atomic E-state index is 14.2. The molecule has 6 rings (SSSR count). The maximum atomic E-state index is 14.2. The van der Waals surface area contributed by atoms with E-state index >= 15 is 0 Å². The first-order chi connectivity index (χ1) is 30.7. The lowest BCUT2D eigenvalue weighted by Gasteiger charge is -2.51. The molecule has 24 heteroatoms. The van der Waals surface area contributed by atoms with Crippen molar-refractivity contribution in [2.45, 2.75) is 135 Å². The molecule has 5 heterocycles. The number of thiazole rings is 1. The van der Waals surface area contributed by atoms with Crippen molar-refractivity contribution in [2.75, 3.05) is 25.0 Å². The number of anilines is 1. The number of oxime groups is 1. The zero-order valence-corrected chi connectivity index (χ0v) is 40.0. The van der Waals surface area contributed by atoms with Crippen LogP contribution in [0.5, 0.6) is 5.75 Å². The number of amides is 3. The van der Waals surface area contributed by atoms with Crippen LogP contribution in [0.3, 0.4) is 0 Å². The summed E-state index contributed by atoms with van der Waals surface area (Å²) in [5, 5.41) is 24.6. The molecule has 2 aromatic heterocycles. The number of nitrogens with two attached hydrogens (primary N) is 1. The average Bonchev–Trinajstić information content (AvgIpc) is 3.99. The Bertz CT molecular complexity index is 2450. The fourth-order valence-corrected chi connectivity index (χ4v) is 8.68. The number of nitrogens with one attached hydrogen (secondary N) is 3. The molecule has 3 amide bonds. The van der Waals surface area contributed by atoms with Gasteiger partial charge >= 0.3 is 12.1 Å². The minimum absolute atomic E-state index is 0.00725. The highest BCUT2D eigenvalue weighted by Crippen LogP contribution is 2.38. The van der Waals surface area contributed by atoms with E-state index in [1.54, 1.807) is 47.6 Å². The number of aliphatic hydroxyl groups is 1. The number of nitrogens with zero attached hydrogens (tertiary/aromatic N) is 5. The number of esters is 1. The Hall–Kier alpha value is -5.24. The zero-order valence-electron chi connectivity index (χ0n) is 38.4. The number of carbonyl (C=O) groups is 4. The number of hydrogen-bond donors (Lipinski definition) is 5. The number of benzene rings is 1. The third kappa shape index (κ3) is 12.0. The molecule has 2 fully saturated rings. The molecule has 6 N–H and O–H groups in total. The predicted octanol–water partition coefficient (Wildman–Crippen LogP) is 1.89. The first kappa shape index (κ1) is 50.2. The van der Waals surface area contributed by atoms with E-state index in [9.17, 15) is 37.3 Å². The topological polar surface area (TPSA) is 291 Å². The van der Waals surface area contributed by atoms with Crippen LogP contribution in [0.25, 0.3) is 11.1 Å². The molecule has 0 spiro atoms. The lowest BCUT2D eigenvalue weighted by molar-refractivity contribution is -0.780. The Labute approximate surface area is 387 Å². The van der Waals surface area contributed by atoms with Crippen LogP contribution in [0.1, 0.15) is 86.4 Å². The molecule has 0 aliphatic carbocycles. The molecule has 5 atom stereocenters. The van der Waals surface area contributed by atoms with Crippen molar-refractivity contribution in [1.29, 1.82) is 0 Å². The summed E-state index contributed by atoms with van der Waals surface area (Å²) in [6.07, 6.45) is 3.14. The van der Waals surface area contributed by atoms with Crippen LogP contribution in [0.2, 0.25) is 0 Å². The Morgan fingerprint density at radius 3 is 2.47 bits per heavy atom. The maximum Gasteiger partial charge on any atom is 0.413 e. The Kier molecular flexibility index (Phi) is 14.6. The second kappa shape index (κ2) is 19.2. The highest BCUT2D eigenvalue weighted by molar-refractivity contribution is 7.80. The second-order valence-corrected chi connectivity index (χ2v) is 21.0. The molecule has 2 unspecified atom stereocenters. The molecule has 1 aromatic carbocycles. The van der Waals surface area contributed by atoms with Gasteiger partial charge in [0.15, 0.2) is 23.5 Å². The number of rotatable bonds is 16. The summed E-state index contributed by atoms with van der Waals surface area (Å²) in [5.74, 6) is -2.09. The first-order valence-electron chi connectivity index (χ1n) is 21.4. The average molecular weight is 962 g/mol. The van der Waals surface area contributed by atoms with E-state index in [0.29, 0.717) is 29.7 Å². The van der Waals surface area contributed by atoms with Crippen LogP contribution in [0.4, 0.5) is 9.93 Å². The van der Waals surface area contributed by atoms with E-state index in [4.69, 9.17) is 24.8 Å². The highest BCUT2D eigenvalue weighted by atomic mass is 32.3. The minimum atomic E-state index is -5.34. The van der Waals surface area contributed by atoms with Crippen LogP contribution in [-0.4, -0.2) is 123 Å². The second-order valence-electron chi connectivity index (χ2n) is 19.2. The van der Waals surface area contributed by atoms with Gasteiger partial charge in [-0.1, -0.05) is 11.2 Å². The van der Waals surface area contributed by atoms with Gasteiger partial charge in [0.2, 0.25) is 16.6 Å². The molecule has 2 saturated heterocycles. The van der Waals surface area contributed by atoms with Crippen LogP contribution < -0.4 is 31.1 Å². The molecular weight excluding hydrogens is 903 g/mol. The molecule has 3 aromatic rings. The third-order valence-electron chi connectivity index (χ3n) is 11.0. The number of hydroxylamine groups is 2. The van der Waals surface area contributed by atoms with Crippen LogP contribution in [0, 0.1) is 5.92 Å². The number of fused-ring (bicyclic) bond motifs is 1. The van der Waals surface area contributed by atoms with Crippen molar-refractivity contribution in [2.24, 2.45) is 16.8 Å².